The van der Waals surface area contributed by atoms with Crippen LogP contribution in [0.1, 0.15) is 16.8 Å². The van der Waals surface area contributed by atoms with Crippen LogP contribution in [0.4, 0.5) is 10.1 Å². The molecule has 21 heavy (non-hydrogen) atoms. The molecule has 0 spiro atoms. The Balaban J connectivity index is 2.04. The lowest BCUT2D eigenvalue weighted by atomic mass is 10.1. The number of nitrogens with zero attached hydrogens (tertiary/aromatic N) is 1. The van der Waals surface area contributed by atoms with Gasteiger partial charge in [-0.25, -0.2) is 4.39 Å². The van der Waals surface area contributed by atoms with Crippen molar-refractivity contribution in [1.29, 1.82) is 0 Å². The molecule has 2 rings (SSSR count). The number of carbonyl (C=O) groups excluding carboxylic acids is 2. The Morgan fingerprint density at radius 2 is 2.00 bits per heavy atom. The van der Waals surface area contributed by atoms with Gasteiger partial charge in [0.25, 0.3) is 11.7 Å². The smallest absolute Gasteiger partial charge is 0.299 e. The van der Waals surface area contributed by atoms with Gasteiger partial charge in [-0.2, -0.15) is 0 Å². The van der Waals surface area contributed by atoms with Gasteiger partial charge in [-0.15, -0.1) is 0 Å². The van der Waals surface area contributed by atoms with Gasteiger partial charge in [0.05, 0.1) is 29.5 Å². The van der Waals surface area contributed by atoms with E-state index in [1.54, 1.807) is 7.11 Å². The van der Waals surface area contributed by atoms with Crippen LogP contribution in [0.3, 0.4) is 0 Å². The second kappa shape index (κ2) is 6.98. The van der Waals surface area contributed by atoms with Crippen molar-refractivity contribution in [2.24, 2.45) is 0 Å². The number of benzene rings is 1. The predicted octanol–water partition coefficient (Wildman–Crippen LogP) is 2.06. The van der Waals surface area contributed by atoms with Gasteiger partial charge < -0.3 is 14.4 Å². The number of ether oxygens (including phenoxy) is 2. The first kappa shape index (κ1) is 15.9. The molecule has 1 aromatic carbocycles. The van der Waals surface area contributed by atoms with Crippen LogP contribution in [0.15, 0.2) is 12.1 Å². The molecule has 7 heteroatoms. The van der Waals surface area contributed by atoms with E-state index in [1.165, 1.54) is 6.07 Å². The van der Waals surface area contributed by atoms with Crippen molar-refractivity contribution in [3.8, 4) is 0 Å². The normalized spacial score (nSPS) is 14.0. The highest BCUT2D eigenvalue weighted by Gasteiger charge is 2.39. The maximum Gasteiger partial charge on any atom is 0.299 e. The third-order valence-corrected chi connectivity index (χ3v) is 3.43. The molecule has 0 bridgehead atoms. The number of anilines is 1. The van der Waals surface area contributed by atoms with Gasteiger partial charge in [0, 0.05) is 20.3 Å². The standard InChI is InChI=1S/C14H15ClFNO4/c1-20-7-8-21-6-2-5-17-12-10(16)4-3-9(15)11(12)13(18)14(17)19/h3-4H,2,5-8H2,1H3. The van der Waals surface area contributed by atoms with Crippen molar-refractivity contribution < 1.29 is 23.5 Å². The van der Waals surface area contributed by atoms with E-state index in [0.29, 0.717) is 26.2 Å². The van der Waals surface area contributed by atoms with Crippen molar-refractivity contribution >= 4 is 29.0 Å². The number of amides is 1. The van der Waals surface area contributed by atoms with E-state index in [-0.39, 0.29) is 22.8 Å². The zero-order valence-corrected chi connectivity index (χ0v) is 12.3. The van der Waals surface area contributed by atoms with Crippen LogP contribution in [0.25, 0.3) is 0 Å². The summed E-state index contributed by atoms with van der Waals surface area (Å²) < 4.78 is 24.0. The average Bonchev–Trinajstić information content (AvgIpc) is 2.72. The topological polar surface area (TPSA) is 55.8 Å². The Morgan fingerprint density at radius 1 is 1.24 bits per heavy atom. The van der Waals surface area contributed by atoms with Gasteiger partial charge in [-0.05, 0) is 18.6 Å². The van der Waals surface area contributed by atoms with E-state index in [0.717, 1.165) is 11.0 Å². The summed E-state index contributed by atoms with van der Waals surface area (Å²) in [6.45, 7) is 1.51. The van der Waals surface area contributed by atoms with Crippen LogP contribution in [-0.4, -0.2) is 45.2 Å². The molecule has 1 aliphatic rings. The number of hydrogen-bond acceptors (Lipinski definition) is 4. The van der Waals surface area contributed by atoms with Crippen LogP contribution in [-0.2, 0) is 14.3 Å². The number of rotatable bonds is 7. The van der Waals surface area contributed by atoms with E-state index in [1.807, 2.05) is 0 Å². The van der Waals surface area contributed by atoms with Crippen LogP contribution in [0, 0.1) is 5.82 Å². The van der Waals surface area contributed by atoms with E-state index < -0.39 is 17.5 Å². The molecule has 0 N–H and O–H groups in total. The van der Waals surface area contributed by atoms with Gasteiger partial charge in [0.15, 0.2) is 0 Å². The molecule has 0 radical (unpaired) electrons. The molecule has 114 valence electrons. The number of Topliss-reactive ketones (excluding diaryl/α,β-unsaturated/α-hetero) is 1. The van der Waals surface area contributed by atoms with Crippen LogP contribution in [0.2, 0.25) is 5.02 Å². The molecule has 1 aromatic rings. The summed E-state index contributed by atoms with van der Waals surface area (Å²) in [6.07, 6.45) is 0.480. The van der Waals surface area contributed by atoms with Gasteiger partial charge in [-0.1, -0.05) is 11.6 Å². The van der Waals surface area contributed by atoms with E-state index in [4.69, 9.17) is 21.1 Å². The van der Waals surface area contributed by atoms with Crippen molar-refractivity contribution in [1.82, 2.24) is 0 Å². The fourth-order valence-corrected chi connectivity index (χ4v) is 2.37. The Hall–Kier alpha value is -1.50. The lowest BCUT2D eigenvalue weighted by Gasteiger charge is -2.17. The van der Waals surface area contributed by atoms with Crippen molar-refractivity contribution in [2.45, 2.75) is 6.42 Å². The fourth-order valence-electron chi connectivity index (χ4n) is 2.13. The fraction of sp³-hybridized carbons (Fsp3) is 0.429. The van der Waals surface area contributed by atoms with Gasteiger partial charge in [-0.3, -0.25) is 9.59 Å². The van der Waals surface area contributed by atoms with Gasteiger partial charge in [0.1, 0.15) is 5.82 Å². The van der Waals surface area contributed by atoms with E-state index in [9.17, 15) is 14.0 Å². The third-order valence-electron chi connectivity index (χ3n) is 3.12. The first-order valence-corrected chi connectivity index (χ1v) is 6.86. The number of halogens is 2. The number of fused-ring (bicyclic) bond motifs is 1. The number of methoxy groups -OCH3 is 1. The summed E-state index contributed by atoms with van der Waals surface area (Å²) >= 11 is 5.88. The Labute approximate surface area is 126 Å². The van der Waals surface area contributed by atoms with Crippen molar-refractivity contribution in [3.63, 3.8) is 0 Å². The highest BCUT2D eigenvalue weighted by molar-refractivity contribution is 6.55. The number of ketones is 1. The van der Waals surface area contributed by atoms with Gasteiger partial charge >= 0.3 is 0 Å². The van der Waals surface area contributed by atoms with Crippen LogP contribution >= 0.6 is 11.6 Å². The lowest BCUT2D eigenvalue weighted by Crippen LogP contribution is -2.31. The summed E-state index contributed by atoms with van der Waals surface area (Å²) in [6, 6.07) is 2.42. The molecule has 5 nitrogen and oxygen atoms in total. The Kier molecular flexibility index (Phi) is 5.27. The van der Waals surface area contributed by atoms with Crippen LogP contribution in [0.5, 0.6) is 0 Å². The summed E-state index contributed by atoms with van der Waals surface area (Å²) in [5, 5.41) is 0.0867. The summed E-state index contributed by atoms with van der Waals surface area (Å²) in [4.78, 5) is 24.9. The molecule has 0 atom stereocenters. The average molecular weight is 316 g/mol. The third kappa shape index (κ3) is 3.23. The van der Waals surface area contributed by atoms with E-state index >= 15 is 0 Å². The molecule has 0 unspecified atom stereocenters. The summed E-state index contributed by atoms with van der Waals surface area (Å²) in [5.41, 5.74) is -0.0867. The second-order valence-corrected chi connectivity index (χ2v) is 4.90. The molecule has 1 amide bonds. The van der Waals surface area contributed by atoms with Gasteiger partial charge in [0.2, 0.25) is 0 Å². The highest BCUT2D eigenvalue weighted by Crippen LogP contribution is 2.36. The summed E-state index contributed by atoms with van der Waals surface area (Å²) in [7, 11) is 1.57. The second-order valence-electron chi connectivity index (χ2n) is 4.50. The predicted molar refractivity (Wildman–Crippen MR) is 75.4 cm³/mol. The largest absolute Gasteiger partial charge is 0.382 e. The minimum Gasteiger partial charge on any atom is -0.382 e. The van der Waals surface area contributed by atoms with Crippen molar-refractivity contribution in [2.75, 3.05) is 38.4 Å². The quantitative estimate of drug-likeness (QED) is 0.571. The number of carbonyl (C=O) groups is 2. The lowest BCUT2D eigenvalue weighted by molar-refractivity contribution is -0.114. The molecular formula is C14H15ClFNO4. The first-order chi connectivity index (χ1) is 10.1. The zero-order valence-electron chi connectivity index (χ0n) is 11.5. The molecule has 0 saturated heterocycles. The number of hydrogen-bond donors (Lipinski definition) is 0. The molecule has 1 heterocycles. The highest BCUT2D eigenvalue weighted by atomic mass is 35.5. The minimum absolute atomic E-state index is 0.0330. The zero-order chi connectivity index (χ0) is 15.4. The molecule has 0 aromatic heterocycles. The molecule has 0 fully saturated rings. The van der Waals surface area contributed by atoms with E-state index in [2.05, 4.69) is 0 Å². The maximum atomic E-state index is 13.9. The van der Waals surface area contributed by atoms with Crippen molar-refractivity contribution in [3.05, 3.63) is 28.5 Å². The summed E-state index contributed by atoms with van der Waals surface area (Å²) in [5.74, 6) is -2.16. The molecule has 1 aliphatic heterocycles. The molecule has 0 saturated carbocycles. The Bertz CT molecular complexity index is 564. The molecular weight excluding hydrogens is 301 g/mol. The first-order valence-electron chi connectivity index (χ1n) is 6.48. The minimum atomic E-state index is -0.769. The van der Waals surface area contributed by atoms with Crippen LogP contribution < -0.4 is 4.90 Å². The maximum absolute atomic E-state index is 13.9. The Morgan fingerprint density at radius 3 is 2.71 bits per heavy atom. The monoisotopic (exact) mass is 315 g/mol. The molecule has 0 aliphatic carbocycles. The SMILES string of the molecule is COCCOCCCN1C(=O)C(=O)c2c(Cl)ccc(F)c21.